The monoisotopic (exact) mass is 325 g/mol. The molecule has 1 fully saturated rings. The van der Waals surface area contributed by atoms with Crippen LogP contribution in [0.3, 0.4) is 0 Å². The van der Waals surface area contributed by atoms with Gasteiger partial charge in [0.05, 0.1) is 6.10 Å². The molecule has 0 aromatic heterocycles. The molecular weight excluding hydrogens is 302 g/mol. The third-order valence-electron chi connectivity index (χ3n) is 4.19. The molecule has 1 aliphatic heterocycles. The molecule has 2 aromatic carbocycles. The number of benzene rings is 2. The fourth-order valence-electron chi connectivity index (χ4n) is 3.04. The molecule has 1 saturated heterocycles. The van der Waals surface area contributed by atoms with Gasteiger partial charge in [0.25, 0.3) is 0 Å². The van der Waals surface area contributed by atoms with Crippen molar-refractivity contribution in [1.82, 2.24) is 5.06 Å². The molecule has 1 heterocycles. The topological polar surface area (TPSA) is 38.8 Å². The van der Waals surface area contributed by atoms with Crippen LogP contribution in [0.25, 0.3) is 0 Å². The fraction of sp³-hybridized carbons (Fsp3) is 0.350. The molecule has 0 amide bonds. The van der Waals surface area contributed by atoms with E-state index in [2.05, 4.69) is 24.3 Å². The van der Waals surface area contributed by atoms with Gasteiger partial charge in [0.2, 0.25) is 0 Å². The van der Waals surface area contributed by atoms with E-state index in [1.165, 1.54) is 6.92 Å². The van der Waals surface area contributed by atoms with Crippen molar-refractivity contribution in [3.8, 4) is 0 Å². The highest BCUT2D eigenvalue weighted by molar-refractivity contribution is 5.65. The summed E-state index contributed by atoms with van der Waals surface area (Å²) in [4.78, 5) is 16.2. The molecular formula is C20H23NO3. The summed E-state index contributed by atoms with van der Waals surface area (Å²) >= 11 is 0. The van der Waals surface area contributed by atoms with Crippen LogP contribution in [0, 0.1) is 0 Å². The predicted molar refractivity (Wildman–Crippen MR) is 92.2 cm³/mol. The molecule has 1 aliphatic rings. The Morgan fingerprint density at radius 1 is 0.958 bits per heavy atom. The summed E-state index contributed by atoms with van der Waals surface area (Å²) in [6.45, 7) is 2.85. The number of carbonyl (C=O) groups excluding carboxylic acids is 1. The maximum absolute atomic E-state index is 11.0. The van der Waals surface area contributed by atoms with Crippen LogP contribution in [0.15, 0.2) is 60.7 Å². The normalized spacial score (nSPS) is 16.2. The third kappa shape index (κ3) is 4.43. The van der Waals surface area contributed by atoms with Crippen molar-refractivity contribution in [2.45, 2.75) is 32.0 Å². The van der Waals surface area contributed by atoms with Gasteiger partial charge in [-0.3, -0.25) is 4.79 Å². The second-order valence-corrected chi connectivity index (χ2v) is 6.05. The van der Waals surface area contributed by atoms with Crippen molar-refractivity contribution in [2.75, 3.05) is 13.1 Å². The largest absolute Gasteiger partial charge is 0.368 e. The van der Waals surface area contributed by atoms with Crippen LogP contribution < -0.4 is 0 Å². The van der Waals surface area contributed by atoms with Crippen molar-refractivity contribution in [3.63, 3.8) is 0 Å². The fourth-order valence-corrected chi connectivity index (χ4v) is 3.04. The van der Waals surface area contributed by atoms with E-state index in [1.807, 2.05) is 36.4 Å². The van der Waals surface area contributed by atoms with Gasteiger partial charge in [0.1, 0.15) is 6.10 Å². The van der Waals surface area contributed by atoms with E-state index in [-0.39, 0.29) is 18.2 Å². The molecule has 0 unspecified atom stereocenters. The molecule has 0 bridgehead atoms. The molecule has 24 heavy (non-hydrogen) atoms. The smallest absolute Gasteiger partial charge is 0.322 e. The molecule has 0 aliphatic carbocycles. The number of hydroxylamine groups is 2. The Bertz CT molecular complexity index is 597. The van der Waals surface area contributed by atoms with Crippen molar-refractivity contribution < 1.29 is 14.4 Å². The molecule has 0 atom stereocenters. The lowest BCUT2D eigenvalue weighted by molar-refractivity contribution is -0.199. The molecule has 2 aromatic rings. The Balaban J connectivity index is 1.69. The van der Waals surface area contributed by atoms with Crippen molar-refractivity contribution in [2.24, 2.45) is 0 Å². The molecule has 4 heteroatoms. The summed E-state index contributed by atoms with van der Waals surface area (Å²) in [5, 5.41) is 1.72. The van der Waals surface area contributed by atoms with Crippen molar-refractivity contribution >= 4 is 5.97 Å². The third-order valence-corrected chi connectivity index (χ3v) is 4.19. The van der Waals surface area contributed by atoms with Crippen molar-refractivity contribution in [3.05, 3.63) is 71.8 Å². The van der Waals surface area contributed by atoms with Gasteiger partial charge in [-0.2, -0.15) is 0 Å². The quantitative estimate of drug-likeness (QED) is 0.839. The second kappa shape index (κ2) is 8.08. The zero-order valence-electron chi connectivity index (χ0n) is 13.9. The lowest BCUT2D eigenvalue weighted by Gasteiger charge is -2.32. The summed E-state index contributed by atoms with van der Waals surface area (Å²) in [6.07, 6.45) is 1.78. The Hall–Kier alpha value is -2.17. The molecule has 0 radical (unpaired) electrons. The van der Waals surface area contributed by atoms with E-state index in [9.17, 15) is 4.79 Å². The Morgan fingerprint density at radius 3 is 1.92 bits per heavy atom. The van der Waals surface area contributed by atoms with Gasteiger partial charge in [-0.25, -0.2) is 0 Å². The predicted octanol–water partition coefficient (Wildman–Crippen LogP) is 3.74. The summed E-state index contributed by atoms with van der Waals surface area (Å²) in [5.41, 5.74) is 2.32. The lowest BCUT2D eigenvalue weighted by Crippen LogP contribution is -2.38. The van der Waals surface area contributed by atoms with Gasteiger partial charge < -0.3 is 9.57 Å². The van der Waals surface area contributed by atoms with E-state index in [0.717, 1.165) is 24.0 Å². The number of ether oxygens (including phenoxy) is 1. The van der Waals surface area contributed by atoms with E-state index in [0.29, 0.717) is 13.1 Å². The van der Waals surface area contributed by atoms with Crippen LogP contribution in [0.2, 0.25) is 0 Å². The van der Waals surface area contributed by atoms with E-state index in [4.69, 9.17) is 9.57 Å². The first kappa shape index (κ1) is 16.7. The number of nitrogens with zero attached hydrogens (tertiary/aromatic N) is 1. The number of hydrogen-bond donors (Lipinski definition) is 0. The highest BCUT2D eigenvalue weighted by Crippen LogP contribution is 2.29. The molecule has 4 nitrogen and oxygen atoms in total. The van der Waals surface area contributed by atoms with Crippen LogP contribution in [0.1, 0.15) is 37.0 Å². The second-order valence-electron chi connectivity index (χ2n) is 6.05. The Morgan fingerprint density at radius 2 is 1.46 bits per heavy atom. The highest BCUT2D eigenvalue weighted by atomic mass is 16.7. The van der Waals surface area contributed by atoms with Gasteiger partial charge in [-0.1, -0.05) is 60.7 Å². The van der Waals surface area contributed by atoms with E-state index >= 15 is 0 Å². The van der Waals surface area contributed by atoms with E-state index < -0.39 is 0 Å². The van der Waals surface area contributed by atoms with Gasteiger partial charge in [-0.15, -0.1) is 5.06 Å². The van der Waals surface area contributed by atoms with Crippen LogP contribution >= 0.6 is 0 Å². The van der Waals surface area contributed by atoms with Crippen LogP contribution in [0.4, 0.5) is 0 Å². The minimum absolute atomic E-state index is 0.0716. The summed E-state index contributed by atoms with van der Waals surface area (Å²) in [6, 6.07) is 20.6. The van der Waals surface area contributed by atoms with Gasteiger partial charge >= 0.3 is 5.97 Å². The van der Waals surface area contributed by atoms with Crippen molar-refractivity contribution in [1.29, 1.82) is 0 Å². The number of hydrogen-bond acceptors (Lipinski definition) is 4. The first-order chi connectivity index (χ1) is 11.7. The zero-order chi connectivity index (χ0) is 16.8. The SMILES string of the molecule is CC(=O)ON1CCC(OC(c2ccccc2)c2ccccc2)CC1. The number of carbonyl (C=O) groups is 1. The first-order valence-corrected chi connectivity index (χ1v) is 8.41. The van der Waals surface area contributed by atoms with Gasteiger partial charge in [-0.05, 0) is 24.0 Å². The molecule has 126 valence electrons. The molecule has 3 rings (SSSR count). The lowest BCUT2D eigenvalue weighted by atomic mass is 10.0. The van der Waals surface area contributed by atoms with Gasteiger partial charge in [0, 0.05) is 20.0 Å². The summed E-state index contributed by atoms with van der Waals surface area (Å²) < 4.78 is 6.45. The average molecular weight is 325 g/mol. The van der Waals surface area contributed by atoms with Crippen LogP contribution in [-0.2, 0) is 14.4 Å². The standard InChI is InChI=1S/C20H23NO3/c1-16(22)24-21-14-12-19(13-15-21)23-20(17-8-4-2-5-9-17)18-10-6-3-7-11-18/h2-11,19-20H,12-15H2,1H3. The highest BCUT2D eigenvalue weighted by Gasteiger charge is 2.25. The zero-order valence-corrected chi connectivity index (χ0v) is 13.9. The Kier molecular flexibility index (Phi) is 5.62. The molecule has 0 spiro atoms. The minimum Gasteiger partial charge on any atom is -0.368 e. The minimum atomic E-state index is -0.263. The number of rotatable bonds is 5. The number of piperidine rings is 1. The maximum Gasteiger partial charge on any atom is 0.322 e. The molecule has 0 saturated carbocycles. The van der Waals surface area contributed by atoms with E-state index in [1.54, 1.807) is 5.06 Å². The average Bonchev–Trinajstić information content (AvgIpc) is 2.62. The summed E-state index contributed by atoms with van der Waals surface area (Å²) in [5.74, 6) is -0.263. The Labute approximate surface area is 143 Å². The van der Waals surface area contributed by atoms with Crippen LogP contribution in [-0.4, -0.2) is 30.2 Å². The van der Waals surface area contributed by atoms with Gasteiger partial charge in [0.15, 0.2) is 0 Å². The maximum atomic E-state index is 11.0. The summed E-state index contributed by atoms with van der Waals surface area (Å²) in [7, 11) is 0. The molecule has 0 N–H and O–H groups in total. The van der Waals surface area contributed by atoms with Crippen LogP contribution in [0.5, 0.6) is 0 Å². The first-order valence-electron chi connectivity index (χ1n) is 8.41.